The summed E-state index contributed by atoms with van der Waals surface area (Å²) in [6.45, 7) is 2.74. The van der Waals surface area contributed by atoms with Crippen molar-refractivity contribution in [3.05, 3.63) is 11.1 Å². The molecule has 0 radical (unpaired) electrons. The molecule has 204 valence electrons. The molecule has 0 aliphatic carbocycles. The maximum atomic E-state index is 12.8. The lowest BCUT2D eigenvalue weighted by molar-refractivity contribution is -0.463. The number of aliphatic hydroxyl groups is 11. The Hall–Kier alpha value is -2.39. The van der Waals surface area contributed by atoms with Crippen LogP contribution in [0.3, 0.4) is 0 Å². The summed E-state index contributed by atoms with van der Waals surface area (Å²) < 4.78 is 8.32. The van der Waals surface area contributed by atoms with E-state index in [4.69, 9.17) is 15.3 Å². The number of ketones is 1. The molecule has 2 atom stereocenters. The zero-order valence-electron chi connectivity index (χ0n) is 18.8. The van der Waals surface area contributed by atoms with Crippen LogP contribution in [-0.4, -0.2) is 102 Å². The molecule has 17 heteroatoms. The highest BCUT2D eigenvalue weighted by Gasteiger charge is 2.70. The summed E-state index contributed by atoms with van der Waals surface area (Å²) in [6, 6.07) is 0. The number of hydrogen-bond donors (Lipinski definition) is 13. The lowest BCUT2D eigenvalue weighted by atomic mass is 9.74. The van der Waals surface area contributed by atoms with Gasteiger partial charge in [0.15, 0.2) is 17.2 Å². The Labute approximate surface area is 201 Å². The number of Topliss-reactive ketones (excluding diaryl/α,β-unsaturated/α-hetero) is 1. The van der Waals surface area contributed by atoms with Gasteiger partial charge in [0.05, 0.1) is 17.5 Å². The normalized spacial score (nSPS) is 25.9. The summed E-state index contributed by atoms with van der Waals surface area (Å²) >= 11 is 0. The Bertz CT molecular complexity index is 1060. The molecule has 0 amide bonds. The summed E-state index contributed by atoms with van der Waals surface area (Å²) in [7, 11) is 0. The Morgan fingerprint density at radius 3 is 1.75 bits per heavy atom. The molecule has 36 heavy (non-hydrogen) atoms. The molecule has 1 aromatic rings. The van der Waals surface area contributed by atoms with E-state index in [0.29, 0.717) is 0 Å². The molecule has 2 unspecified atom stereocenters. The molecule has 13 N–H and O–H groups in total. The number of ether oxygens (including phenoxy) is 2. The van der Waals surface area contributed by atoms with Gasteiger partial charge in [0, 0.05) is 12.5 Å². The average molecular weight is 525 g/mol. The molecule has 0 spiro atoms. The third-order valence-electron chi connectivity index (χ3n) is 5.91. The summed E-state index contributed by atoms with van der Waals surface area (Å²) in [5.74, 6) is -16.6. The van der Waals surface area contributed by atoms with Crippen molar-refractivity contribution in [2.45, 2.75) is 56.4 Å². The quantitative estimate of drug-likeness (QED) is 0.122. The van der Waals surface area contributed by atoms with Crippen LogP contribution in [0.2, 0.25) is 0 Å². The largest absolute Gasteiger partial charge is 0.504 e. The first-order valence-corrected chi connectivity index (χ1v) is 10.3. The van der Waals surface area contributed by atoms with Crippen molar-refractivity contribution < 1.29 is 80.7 Å². The first-order valence-electron chi connectivity index (χ1n) is 10.3. The van der Waals surface area contributed by atoms with E-state index in [1.54, 1.807) is 13.8 Å². The summed E-state index contributed by atoms with van der Waals surface area (Å²) in [6.07, 6.45) is -9.33. The van der Waals surface area contributed by atoms with Gasteiger partial charge in [-0.2, -0.15) is 0 Å². The Kier molecular flexibility index (Phi) is 6.51. The van der Waals surface area contributed by atoms with Gasteiger partial charge >= 0.3 is 12.3 Å². The topological polar surface area (TPSA) is 302 Å². The van der Waals surface area contributed by atoms with Crippen LogP contribution in [0.1, 0.15) is 37.8 Å². The van der Waals surface area contributed by atoms with E-state index in [1.807, 2.05) is 0 Å². The zero-order valence-corrected chi connectivity index (χ0v) is 18.8. The third-order valence-corrected chi connectivity index (χ3v) is 5.91. The minimum atomic E-state index is -4.23. The number of nitrogens with zero attached hydrogens (tertiary/aromatic N) is 1. The fourth-order valence-electron chi connectivity index (χ4n) is 4.57. The number of benzene rings is 1. The van der Waals surface area contributed by atoms with Gasteiger partial charge in [0.25, 0.3) is 11.7 Å². The van der Waals surface area contributed by atoms with Gasteiger partial charge in [-0.3, -0.25) is 4.79 Å². The molecular formula is C19H27NO16. The molecule has 17 nitrogen and oxygen atoms in total. The van der Waals surface area contributed by atoms with Crippen LogP contribution in [0.15, 0.2) is 0 Å². The van der Waals surface area contributed by atoms with Crippen molar-refractivity contribution in [3.8, 4) is 23.0 Å². The van der Waals surface area contributed by atoms with E-state index >= 15 is 0 Å². The molecule has 1 fully saturated rings. The third kappa shape index (κ3) is 4.45. The SMILES string of the molecule is CC(C)CC1CN2C(O)(CC1=O)c1c(O)c(OC(O)(O)O)c(OC(O)(O)O)c(O)c1C(O)(O)C2(O)O. The van der Waals surface area contributed by atoms with Crippen molar-refractivity contribution in [3.63, 3.8) is 0 Å². The number of aromatic hydroxyl groups is 2. The van der Waals surface area contributed by atoms with Crippen LogP contribution in [0.4, 0.5) is 0 Å². The number of carbonyl (C=O) groups excluding carboxylic acids is 1. The number of hydrogen-bond acceptors (Lipinski definition) is 17. The van der Waals surface area contributed by atoms with Gasteiger partial charge in [0.1, 0.15) is 5.78 Å². The Morgan fingerprint density at radius 2 is 1.33 bits per heavy atom. The maximum absolute atomic E-state index is 12.8. The van der Waals surface area contributed by atoms with Gasteiger partial charge in [0.2, 0.25) is 11.5 Å². The van der Waals surface area contributed by atoms with Gasteiger partial charge in [-0.05, 0) is 12.3 Å². The van der Waals surface area contributed by atoms with E-state index in [9.17, 15) is 55.9 Å². The minimum absolute atomic E-state index is 0.110. The number of phenolic OH excluding ortho intramolecular Hbond substituents is 2. The van der Waals surface area contributed by atoms with E-state index in [-0.39, 0.29) is 17.2 Å². The van der Waals surface area contributed by atoms with Crippen LogP contribution in [0.25, 0.3) is 0 Å². The molecule has 3 rings (SSSR count). The lowest BCUT2D eigenvalue weighted by Crippen LogP contribution is -2.75. The van der Waals surface area contributed by atoms with Crippen LogP contribution in [0.5, 0.6) is 23.0 Å². The molecule has 0 saturated carbocycles. The Balaban J connectivity index is 2.41. The molecule has 2 aliphatic heterocycles. The highest BCUT2D eigenvalue weighted by atomic mass is 16.9. The number of carbonyl (C=O) groups is 1. The summed E-state index contributed by atoms with van der Waals surface area (Å²) in [4.78, 5) is 13.1. The number of fused-ring (bicyclic) bond motifs is 3. The molecule has 2 heterocycles. The van der Waals surface area contributed by atoms with Crippen molar-refractivity contribution in [2.24, 2.45) is 11.8 Å². The van der Waals surface area contributed by atoms with Crippen molar-refractivity contribution >= 4 is 5.78 Å². The van der Waals surface area contributed by atoms with Crippen LogP contribution >= 0.6 is 0 Å². The van der Waals surface area contributed by atoms with Gasteiger partial charge < -0.3 is 75.9 Å². The molecule has 2 aliphatic rings. The van der Waals surface area contributed by atoms with E-state index in [0.717, 1.165) is 0 Å². The predicted molar refractivity (Wildman–Crippen MR) is 106 cm³/mol. The molecule has 0 bridgehead atoms. The van der Waals surface area contributed by atoms with Gasteiger partial charge in [-0.25, -0.2) is 4.90 Å². The molecule has 1 aromatic carbocycles. The minimum Gasteiger partial charge on any atom is -0.504 e. The van der Waals surface area contributed by atoms with Crippen LogP contribution < -0.4 is 9.47 Å². The van der Waals surface area contributed by atoms with Crippen molar-refractivity contribution in [1.29, 1.82) is 0 Å². The van der Waals surface area contributed by atoms with Crippen LogP contribution in [-0.2, 0) is 16.3 Å². The number of rotatable bonds is 6. The maximum Gasteiger partial charge on any atom is 0.453 e. The Morgan fingerprint density at radius 1 is 0.889 bits per heavy atom. The molecule has 1 saturated heterocycles. The number of piperidine rings is 1. The second kappa shape index (κ2) is 8.31. The average Bonchev–Trinajstić information content (AvgIpc) is 2.65. The smallest absolute Gasteiger partial charge is 0.453 e. The van der Waals surface area contributed by atoms with Gasteiger partial charge in [-0.1, -0.05) is 13.8 Å². The first-order chi connectivity index (χ1) is 16.0. The first kappa shape index (κ1) is 28.2. The fourth-order valence-corrected chi connectivity index (χ4v) is 4.57. The second-order valence-electron chi connectivity index (χ2n) is 9.16. The van der Waals surface area contributed by atoms with Crippen molar-refractivity contribution in [2.75, 3.05) is 6.54 Å². The van der Waals surface area contributed by atoms with E-state index < -0.39 is 88.5 Å². The zero-order chi connectivity index (χ0) is 27.8. The summed E-state index contributed by atoms with van der Waals surface area (Å²) in [5, 5.41) is 131. The highest BCUT2D eigenvalue weighted by molar-refractivity contribution is 5.84. The fraction of sp³-hybridized carbons (Fsp3) is 0.632. The summed E-state index contributed by atoms with van der Waals surface area (Å²) in [5.41, 5.74) is -5.93. The highest BCUT2D eigenvalue weighted by Crippen LogP contribution is 2.62. The van der Waals surface area contributed by atoms with Crippen molar-refractivity contribution in [1.82, 2.24) is 4.90 Å². The van der Waals surface area contributed by atoms with E-state index in [1.165, 1.54) is 0 Å². The van der Waals surface area contributed by atoms with Gasteiger partial charge in [-0.15, -0.1) is 0 Å². The second-order valence-corrected chi connectivity index (χ2v) is 9.16. The number of phenols is 2. The standard InChI is InChI=1S/C19H27NO16/c1-6(2)3-7-5-20-15(24,4-8(7)21)9-10(16(25,26)17(20,27)28)12(23)14(36-19(32,33)34)13(11(9)22)35-18(29,30)31/h6-7,22-34H,3-5H2,1-2H3. The monoisotopic (exact) mass is 525 g/mol. The van der Waals surface area contributed by atoms with E-state index in [2.05, 4.69) is 9.47 Å². The lowest BCUT2D eigenvalue weighted by Gasteiger charge is -2.57. The molecular weight excluding hydrogens is 498 g/mol. The predicted octanol–water partition coefficient (Wildman–Crippen LogP) is -5.10. The van der Waals surface area contributed by atoms with Crippen LogP contribution in [0, 0.1) is 11.8 Å². The molecule has 0 aromatic heterocycles.